The first-order chi connectivity index (χ1) is 18.4. The predicted molar refractivity (Wildman–Crippen MR) is 142 cm³/mol. The Bertz CT molecular complexity index is 1030. The van der Waals surface area contributed by atoms with Gasteiger partial charge in [0.15, 0.2) is 0 Å². The van der Waals surface area contributed by atoms with E-state index in [1.807, 2.05) is 46.5 Å². The highest BCUT2D eigenvalue weighted by Gasteiger charge is 2.29. The minimum absolute atomic E-state index is 0.122. The normalized spacial score (nSPS) is 17.8. The molecule has 1 unspecified atom stereocenters. The smallest absolute Gasteiger partial charge is 0.331 e. The summed E-state index contributed by atoms with van der Waals surface area (Å²) in [7, 11) is 3.77. The van der Waals surface area contributed by atoms with Gasteiger partial charge in [0.1, 0.15) is 0 Å². The molecule has 2 saturated heterocycles. The van der Waals surface area contributed by atoms with Crippen LogP contribution in [0, 0.1) is 11.8 Å². The van der Waals surface area contributed by atoms with Crippen LogP contribution in [0.1, 0.15) is 63.0 Å². The Morgan fingerprint density at radius 3 is 2.11 bits per heavy atom. The van der Waals surface area contributed by atoms with E-state index in [9.17, 15) is 9.59 Å². The molecule has 0 saturated carbocycles. The third-order valence-electron chi connectivity index (χ3n) is 6.94. The molecule has 38 heavy (non-hydrogen) atoms. The van der Waals surface area contributed by atoms with Crippen molar-refractivity contribution < 1.29 is 28.5 Å². The topological polar surface area (TPSA) is 107 Å². The van der Waals surface area contributed by atoms with Gasteiger partial charge in [-0.2, -0.15) is 10.2 Å². The fraction of sp³-hybridized carbons (Fsp3) is 0.643. The number of aryl methyl sites for hydroxylation is 2. The second-order valence-corrected chi connectivity index (χ2v) is 9.65. The number of hydrogen-bond acceptors (Lipinski definition) is 8. The van der Waals surface area contributed by atoms with Gasteiger partial charge in [-0.05, 0) is 62.5 Å². The minimum Gasteiger partial charge on any atom is -0.466 e. The van der Waals surface area contributed by atoms with Crippen LogP contribution in [0.15, 0.2) is 30.9 Å². The summed E-state index contributed by atoms with van der Waals surface area (Å²) in [6.45, 7) is 7.52. The monoisotopic (exact) mass is 530 g/mol. The summed E-state index contributed by atoms with van der Waals surface area (Å²) in [5.74, 6) is 0.594. The molecule has 2 aromatic rings. The Balaban J connectivity index is 0.000000211. The number of ether oxygens (including phenoxy) is 4. The fourth-order valence-electron chi connectivity index (χ4n) is 5.03. The number of nitrogens with zero attached hydrogens (tertiary/aromatic N) is 4. The lowest BCUT2D eigenvalue weighted by molar-refractivity contribution is -0.144. The van der Waals surface area contributed by atoms with E-state index in [2.05, 4.69) is 10.2 Å². The summed E-state index contributed by atoms with van der Waals surface area (Å²) in [5.41, 5.74) is 3.12. The van der Waals surface area contributed by atoms with Crippen molar-refractivity contribution in [3.05, 3.63) is 42.0 Å². The van der Waals surface area contributed by atoms with Crippen LogP contribution in [-0.4, -0.2) is 71.1 Å². The zero-order valence-electron chi connectivity index (χ0n) is 23.1. The highest BCUT2D eigenvalue weighted by Crippen LogP contribution is 2.35. The Morgan fingerprint density at radius 1 is 0.947 bits per heavy atom. The summed E-state index contributed by atoms with van der Waals surface area (Å²) in [5, 5.41) is 8.40. The van der Waals surface area contributed by atoms with Crippen LogP contribution in [0.25, 0.3) is 5.57 Å². The molecule has 210 valence electrons. The molecule has 2 aromatic heterocycles. The van der Waals surface area contributed by atoms with Crippen molar-refractivity contribution in [3.8, 4) is 0 Å². The first-order valence-corrected chi connectivity index (χ1v) is 13.6. The van der Waals surface area contributed by atoms with Crippen LogP contribution in [0.3, 0.4) is 0 Å². The predicted octanol–water partition coefficient (Wildman–Crippen LogP) is 3.68. The van der Waals surface area contributed by atoms with Crippen LogP contribution >= 0.6 is 0 Å². The lowest BCUT2D eigenvalue weighted by Crippen LogP contribution is -2.24. The number of carbonyl (C=O) groups excluding carboxylic acids is 2. The molecule has 0 radical (unpaired) electrons. The van der Waals surface area contributed by atoms with Gasteiger partial charge < -0.3 is 18.9 Å². The molecule has 4 rings (SSSR count). The summed E-state index contributed by atoms with van der Waals surface area (Å²) >= 11 is 0. The number of allylic oxidation sites excluding steroid dienone is 1. The highest BCUT2D eigenvalue weighted by atomic mass is 16.5. The Labute approximate surface area is 225 Å². The quantitative estimate of drug-likeness (QED) is 0.357. The van der Waals surface area contributed by atoms with E-state index in [4.69, 9.17) is 18.9 Å². The lowest BCUT2D eigenvalue weighted by Gasteiger charge is -2.29. The van der Waals surface area contributed by atoms with Crippen LogP contribution in [0.4, 0.5) is 0 Å². The first-order valence-electron chi connectivity index (χ1n) is 13.6. The highest BCUT2D eigenvalue weighted by molar-refractivity contribution is 5.91. The second kappa shape index (κ2) is 15.4. The van der Waals surface area contributed by atoms with Gasteiger partial charge in [-0.25, -0.2) is 4.79 Å². The molecule has 0 aliphatic carbocycles. The van der Waals surface area contributed by atoms with Crippen molar-refractivity contribution in [2.75, 3.05) is 39.6 Å². The average Bonchev–Trinajstić information content (AvgIpc) is 3.55. The zero-order valence-corrected chi connectivity index (χ0v) is 23.1. The Hall–Kier alpha value is -2.98. The van der Waals surface area contributed by atoms with Gasteiger partial charge in [-0.15, -0.1) is 0 Å². The summed E-state index contributed by atoms with van der Waals surface area (Å²) in [4.78, 5) is 23.5. The van der Waals surface area contributed by atoms with E-state index in [-0.39, 0.29) is 17.9 Å². The number of hydrogen-bond donors (Lipinski definition) is 0. The zero-order chi connectivity index (χ0) is 27.3. The second-order valence-electron chi connectivity index (χ2n) is 9.65. The average molecular weight is 531 g/mol. The van der Waals surface area contributed by atoms with Crippen LogP contribution < -0.4 is 0 Å². The molecule has 2 aliphatic heterocycles. The number of esters is 2. The molecule has 10 heteroatoms. The maximum absolute atomic E-state index is 11.8. The van der Waals surface area contributed by atoms with Crippen molar-refractivity contribution in [2.24, 2.45) is 25.9 Å². The summed E-state index contributed by atoms with van der Waals surface area (Å²) in [6, 6.07) is 0. The number of carbonyl (C=O) groups is 2. The molecular weight excluding hydrogens is 488 g/mol. The molecule has 0 spiro atoms. The van der Waals surface area contributed by atoms with Crippen LogP contribution in [-0.2, 0) is 42.6 Å². The van der Waals surface area contributed by atoms with Gasteiger partial charge in [0.2, 0.25) is 0 Å². The summed E-state index contributed by atoms with van der Waals surface area (Å²) < 4.78 is 24.4. The molecule has 2 aliphatic rings. The molecule has 2 fully saturated rings. The molecule has 0 bridgehead atoms. The Morgan fingerprint density at radius 2 is 1.55 bits per heavy atom. The summed E-state index contributed by atoms with van der Waals surface area (Å²) in [6.07, 6.45) is 13.5. The van der Waals surface area contributed by atoms with E-state index in [0.29, 0.717) is 31.5 Å². The van der Waals surface area contributed by atoms with E-state index >= 15 is 0 Å². The van der Waals surface area contributed by atoms with Crippen molar-refractivity contribution >= 4 is 17.5 Å². The number of rotatable bonds is 9. The maximum Gasteiger partial charge on any atom is 0.331 e. The van der Waals surface area contributed by atoms with Gasteiger partial charge in [0.05, 0.1) is 32.0 Å². The fourth-order valence-corrected chi connectivity index (χ4v) is 5.03. The lowest BCUT2D eigenvalue weighted by atomic mass is 9.80. The SMILES string of the molecule is CCOC(=O)C=C(c1cnn(C)c1)C1CCOCC1.CCOC(=O)CC(c1cnn(C)c1)C1CCOCC1. The van der Waals surface area contributed by atoms with E-state index in [1.165, 1.54) is 0 Å². The van der Waals surface area contributed by atoms with Gasteiger partial charge in [0.25, 0.3) is 0 Å². The molecule has 0 aromatic carbocycles. The molecule has 4 heterocycles. The standard InChI is InChI=1S/C14H22N2O3.C14H20N2O3/c2*1-3-19-14(17)8-13(11-4-6-18-7-5-11)12-9-15-16(2)10-12/h9-11,13H,3-8H2,1-2H3;8-11H,3-7H2,1-2H3. The van der Waals surface area contributed by atoms with Gasteiger partial charge >= 0.3 is 11.9 Å². The first kappa shape index (κ1) is 29.6. The molecular formula is C28H42N4O6. The minimum atomic E-state index is -0.284. The molecule has 1 atom stereocenters. The third kappa shape index (κ3) is 9.09. The van der Waals surface area contributed by atoms with Gasteiger partial charge in [-0.1, -0.05) is 0 Å². The van der Waals surface area contributed by atoms with E-state index in [0.717, 1.165) is 68.8 Å². The largest absolute Gasteiger partial charge is 0.466 e. The van der Waals surface area contributed by atoms with Crippen molar-refractivity contribution in [3.63, 3.8) is 0 Å². The van der Waals surface area contributed by atoms with Crippen LogP contribution in [0.5, 0.6) is 0 Å². The van der Waals surface area contributed by atoms with Crippen molar-refractivity contribution in [1.29, 1.82) is 0 Å². The third-order valence-corrected chi connectivity index (χ3v) is 6.94. The van der Waals surface area contributed by atoms with E-state index < -0.39 is 0 Å². The van der Waals surface area contributed by atoms with Gasteiger partial charge in [-0.3, -0.25) is 14.2 Å². The molecule has 0 N–H and O–H groups in total. The number of aromatic nitrogens is 4. The van der Waals surface area contributed by atoms with Crippen LogP contribution in [0.2, 0.25) is 0 Å². The maximum atomic E-state index is 11.8. The van der Waals surface area contributed by atoms with Gasteiger partial charge in [0, 0.05) is 70.5 Å². The van der Waals surface area contributed by atoms with E-state index in [1.54, 1.807) is 21.6 Å². The van der Waals surface area contributed by atoms with Crippen molar-refractivity contribution in [2.45, 2.75) is 51.9 Å². The molecule has 0 amide bonds. The Kier molecular flexibility index (Phi) is 12.0. The molecule has 10 nitrogen and oxygen atoms in total. The van der Waals surface area contributed by atoms with Crippen molar-refractivity contribution in [1.82, 2.24) is 19.6 Å².